The summed E-state index contributed by atoms with van der Waals surface area (Å²) in [5.74, 6) is -0.119. The van der Waals surface area contributed by atoms with Gasteiger partial charge in [0.05, 0.1) is 34.8 Å². The van der Waals surface area contributed by atoms with Crippen molar-refractivity contribution >= 4 is 50.7 Å². The van der Waals surface area contributed by atoms with Gasteiger partial charge in [0.25, 0.3) is 10.0 Å². The number of rotatable bonds is 13. The third-order valence-electron chi connectivity index (χ3n) is 6.45. The van der Waals surface area contributed by atoms with Gasteiger partial charge in [0.1, 0.15) is 12.6 Å². The molecule has 0 aliphatic rings. The molecule has 0 aromatic heterocycles. The van der Waals surface area contributed by atoms with Crippen LogP contribution < -0.4 is 19.1 Å². The first-order valence-corrected chi connectivity index (χ1v) is 15.4. The minimum Gasteiger partial charge on any atom is -0.493 e. The van der Waals surface area contributed by atoms with Crippen LogP contribution in [0.4, 0.5) is 5.69 Å². The first kappa shape index (κ1) is 33.0. The highest BCUT2D eigenvalue weighted by Gasteiger charge is 2.33. The van der Waals surface area contributed by atoms with Gasteiger partial charge in [0.15, 0.2) is 11.5 Å². The third-order valence-corrected chi connectivity index (χ3v) is 8.98. The van der Waals surface area contributed by atoms with E-state index in [1.807, 2.05) is 13.8 Å². The van der Waals surface area contributed by atoms with Crippen LogP contribution in [0.15, 0.2) is 71.6 Å². The molecule has 0 saturated carbocycles. The molecule has 0 radical (unpaired) electrons. The lowest BCUT2D eigenvalue weighted by Crippen LogP contribution is -2.51. The molecule has 9 nitrogen and oxygen atoms in total. The summed E-state index contributed by atoms with van der Waals surface area (Å²) in [5.41, 5.74) is 0.793. The number of hydrogen-bond donors (Lipinski definition) is 1. The number of anilines is 1. The number of ether oxygens (including phenoxy) is 2. The van der Waals surface area contributed by atoms with E-state index in [2.05, 4.69) is 5.32 Å². The van der Waals surface area contributed by atoms with E-state index in [1.54, 1.807) is 49.4 Å². The zero-order valence-corrected chi connectivity index (χ0v) is 26.5. The van der Waals surface area contributed by atoms with E-state index in [1.165, 1.54) is 43.4 Å². The fourth-order valence-corrected chi connectivity index (χ4v) is 5.85. The summed E-state index contributed by atoms with van der Waals surface area (Å²) in [6.07, 6.45) is 0. The van der Waals surface area contributed by atoms with Crippen molar-refractivity contribution in [3.8, 4) is 11.5 Å². The number of hydrogen-bond acceptors (Lipinski definition) is 6. The van der Waals surface area contributed by atoms with Crippen LogP contribution in [0.5, 0.6) is 11.5 Å². The van der Waals surface area contributed by atoms with Gasteiger partial charge in [-0.25, -0.2) is 8.42 Å². The molecule has 0 unspecified atom stereocenters. The van der Waals surface area contributed by atoms with Crippen LogP contribution in [-0.2, 0) is 26.2 Å². The number of methoxy groups -OCH3 is 2. The van der Waals surface area contributed by atoms with Crippen LogP contribution >= 0.6 is 23.2 Å². The molecule has 0 spiro atoms. The molecule has 0 aliphatic carbocycles. The Balaban J connectivity index is 2.07. The van der Waals surface area contributed by atoms with Crippen LogP contribution in [0.3, 0.4) is 0 Å². The fourth-order valence-electron chi connectivity index (χ4n) is 4.10. The molecule has 0 bridgehead atoms. The lowest BCUT2D eigenvalue weighted by atomic mass is 10.1. The maximum atomic E-state index is 14.0. The quantitative estimate of drug-likeness (QED) is 0.270. The van der Waals surface area contributed by atoms with Crippen molar-refractivity contribution in [2.45, 2.75) is 38.3 Å². The van der Waals surface area contributed by atoms with Crippen LogP contribution in [0, 0.1) is 5.92 Å². The molecule has 3 aromatic carbocycles. The number of sulfonamides is 1. The number of carbonyl (C=O) groups excluding carboxylic acids is 2. The van der Waals surface area contributed by atoms with Crippen molar-refractivity contribution in [2.24, 2.45) is 5.92 Å². The van der Waals surface area contributed by atoms with Gasteiger partial charge >= 0.3 is 0 Å². The van der Waals surface area contributed by atoms with Crippen LogP contribution in [0.25, 0.3) is 0 Å². The first-order valence-electron chi connectivity index (χ1n) is 13.2. The van der Waals surface area contributed by atoms with Gasteiger partial charge in [-0.05, 0) is 54.8 Å². The van der Waals surface area contributed by atoms with E-state index >= 15 is 0 Å². The lowest BCUT2D eigenvalue weighted by Gasteiger charge is -2.32. The topological polar surface area (TPSA) is 105 Å². The average Bonchev–Trinajstić information content (AvgIpc) is 2.98. The molecule has 0 aliphatic heterocycles. The Hall–Kier alpha value is -3.47. The average molecular weight is 637 g/mol. The molecular weight excluding hydrogens is 601 g/mol. The Labute approximate surface area is 257 Å². The lowest BCUT2D eigenvalue weighted by molar-refractivity contribution is -0.139. The molecule has 226 valence electrons. The summed E-state index contributed by atoms with van der Waals surface area (Å²) in [6, 6.07) is 16.3. The second-order valence-corrected chi connectivity index (χ2v) is 12.6. The van der Waals surface area contributed by atoms with E-state index in [4.69, 9.17) is 32.7 Å². The first-order chi connectivity index (χ1) is 19.9. The Bertz CT molecular complexity index is 1500. The number of nitrogens with zero attached hydrogens (tertiary/aromatic N) is 2. The molecule has 42 heavy (non-hydrogen) atoms. The van der Waals surface area contributed by atoms with E-state index in [9.17, 15) is 18.0 Å². The molecular formula is C30H35Cl2N3O6S. The number of halogens is 2. The van der Waals surface area contributed by atoms with Crippen molar-refractivity contribution in [1.82, 2.24) is 10.2 Å². The summed E-state index contributed by atoms with van der Waals surface area (Å²) >= 11 is 12.3. The van der Waals surface area contributed by atoms with Crippen LogP contribution in [-0.4, -0.2) is 58.5 Å². The van der Waals surface area contributed by atoms with Gasteiger partial charge in [-0.1, -0.05) is 61.3 Å². The Morgan fingerprint density at radius 1 is 0.881 bits per heavy atom. The number of carbonyl (C=O) groups is 2. The summed E-state index contributed by atoms with van der Waals surface area (Å²) in [5, 5.41) is 3.48. The normalized spacial score (nSPS) is 12.0. The molecule has 0 fully saturated rings. The van der Waals surface area contributed by atoms with E-state index in [0.717, 1.165) is 4.31 Å². The predicted octanol–water partition coefficient (Wildman–Crippen LogP) is 5.40. The monoisotopic (exact) mass is 635 g/mol. The minimum absolute atomic E-state index is 0.00802. The third kappa shape index (κ3) is 8.08. The van der Waals surface area contributed by atoms with Crippen molar-refractivity contribution in [2.75, 3.05) is 31.6 Å². The van der Waals surface area contributed by atoms with Gasteiger partial charge in [-0.3, -0.25) is 13.9 Å². The van der Waals surface area contributed by atoms with Gasteiger partial charge in [-0.15, -0.1) is 0 Å². The van der Waals surface area contributed by atoms with Crippen molar-refractivity contribution in [3.63, 3.8) is 0 Å². The summed E-state index contributed by atoms with van der Waals surface area (Å²) in [4.78, 5) is 28.5. The molecule has 0 heterocycles. The minimum atomic E-state index is -4.23. The molecule has 1 N–H and O–H groups in total. The molecule has 3 rings (SSSR count). The summed E-state index contributed by atoms with van der Waals surface area (Å²) in [7, 11) is -1.34. The highest BCUT2D eigenvalue weighted by molar-refractivity contribution is 7.92. The molecule has 0 saturated heterocycles. The van der Waals surface area contributed by atoms with E-state index in [0.29, 0.717) is 22.9 Å². The highest BCUT2D eigenvalue weighted by Crippen LogP contribution is 2.34. The predicted molar refractivity (Wildman–Crippen MR) is 165 cm³/mol. The Morgan fingerprint density at radius 2 is 1.55 bits per heavy atom. The van der Waals surface area contributed by atoms with Crippen LogP contribution in [0.2, 0.25) is 10.0 Å². The zero-order chi connectivity index (χ0) is 31.0. The fraction of sp³-hybridized carbons (Fsp3) is 0.333. The van der Waals surface area contributed by atoms with Crippen molar-refractivity contribution in [3.05, 3.63) is 82.3 Å². The second-order valence-electron chi connectivity index (χ2n) is 9.95. The maximum absolute atomic E-state index is 14.0. The second kappa shape index (κ2) is 14.6. The largest absolute Gasteiger partial charge is 0.493 e. The van der Waals surface area contributed by atoms with Crippen molar-refractivity contribution < 1.29 is 27.5 Å². The maximum Gasteiger partial charge on any atom is 0.264 e. The number of benzene rings is 3. The zero-order valence-electron chi connectivity index (χ0n) is 24.1. The molecule has 3 aromatic rings. The standard InChI is InChI=1S/C30H35Cl2N3O6S/c1-20(2)17-33-30(37)21(3)34(18-22-11-13-25(31)26(32)15-22)29(36)19-35(42(38,39)24-9-7-6-8-10-24)23-12-14-27(40-4)28(16-23)41-5/h6-16,20-21H,17-19H2,1-5H3,(H,33,37)/t21-/m0/s1. The smallest absolute Gasteiger partial charge is 0.264 e. The van der Waals surface area contributed by atoms with E-state index < -0.39 is 28.5 Å². The molecule has 1 atom stereocenters. The number of amides is 2. The Kier molecular flexibility index (Phi) is 11.5. The molecule has 2 amide bonds. The summed E-state index contributed by atoms with van der Waals surface area (Å²) < 4.78 is 39.6. The summed E-state index contributed by atoms with van der Waals surface area (Å²) in [6.45, 7) is 5.31. The van der Waals surface area contributed by atoms with Crippen LogP contribution in [0.1, 0.15) is 26.3 Å². The van der Waals surface area contributed by atoms with Gasteiger partial charge in [-0.2, -0.15) is 0 Å². The van der Waals surface area contributed by atoms with E-state index in [-0.39, 0.29) is 39.7 Å². The van der Waals surface area contributed by atoms with Gasteiger partial charge in [0, 0.05) is 19.2 Å². The van der Waals surface area contributed by atoms with Crippen molar-refractivity contribution in [1.29, 1.82) is 0 Å². The molecule has 12 heteroatoms. The van der Waals surface area contributed by atoms with Gasteiger partial charge < -0.3 is 19.7 Å². The highest BCUT2D eigenvalue weighted by atomic mass is 35.5. The number of nitrogens with one attached hydrogen (secondary N) is 1. The van der Waals surface area contributed by atoms with Gasteiger partial charge in [0.2, 0.25) is 11.8 Å². The SMILES string of the molecule is COc1ccc(N(CC(=O)N(Cc2ccc(Cl)c(Cl)c2)[C@@H](C)C(=O)NCC(C)C)S(=O)(=O)c2ccccc2)cc1OC. The Morgan fingerprint density at radius 3 is 2.14 bits per heavy atom.